The highest BCUT2D eigenvalue weighted by atomic mass is 16.4. The van der Waals surface area contributed by atoms with E-state index in [4.69, 9.17) is 5.11 Å². The summed E-state index contributed by atoms with van der Waals surface area (Å²) < 4.78 is 0. The summed E-state index contributed by atoms with van der Waals surface area (Å²) >= 11 is 0. The average molecular weight is 308 g/mol. The monoisotopic (exact) mass is 308 g/mol. The van der Waals surface area contributed by atoms with Gasteiger partial charge in [0.15, 0.2) is 0 Å². The highest BCUT2D eigenvalue weighted by Gasteiger charge is 2.38. The minimum absolute atomic E-state index is 0.228. The van der Waals surface area contributed by atoms with Gasteiger partial charge in [0.1, 0.15) is 0 Å². The van der Waals surface area contributed by atoms with Gasteiger partial charge in [0.25, 0.3) is 0 Å². The van der Waals surface area contributed by atoms with E-state index in [1.54, 1.807) is 0 Å². The molecule has 0 saturated heterocycles. The minimum atomic E-state index is -0.674. The Labute approximate surface area is 134 Å². The van der Waals surface area contributed by atoms with Crippen molar-refractivity contribution >= 4 is 5.97 Å². The van der Waals surface area contributed by atoms with Crippen LogP contribution < -0.4 is 5.32 Å². The first-order chi connectivity index (χ1) is 10.4. The first-order valence-electron chi connectivity index (χ1n) is 9.13. The average Bonchev–Trinajstić information content (AvgIpc) is 3.17. The third-order valence-corrected chi connectivity index (χ3v) is 5.97. The normalized spacial score (nSPS) is 32.0. The highest BCUT2D eigenvalue weighted by Crippen LogP contribution is 2.37. The fraction of sp³-hybridized carbons (Fsp3) is 0.944. The molecule has 126 valence electrons. The van der Waals surface area contributed by atoms with E-state index in [1.807, 2.05) is 0 Å². The van der Waals surface area contributed by atoms with Crippen LogP contribution in [-0.4, -0.2) is 47.2 Å². The molecule has 0 radical (unpaired) electrons. The molecule has 3 rings (SSSR count). The number of nitrogens with zero attached hydrogens (tertiary/aromatic N) is 1. The fourth-order valence-electron chi connectivity index (χ4n) is 4.07. The predicted molar refractivity (Wildman–Crippen MR) is 87.9 cm³/mol. The molecule has 0 atom stereocenters. The Morgan fingerprint density at radius 2 is 1.77 bits per heavy atom. The number of carboxylic acid groups (broad SMARTS) is 1. The van der Waals surface area contributed by atoms with Gasteiger partial charge in [-0.15, -0.1) is 0 Å². The molecule has 0 amide bonds. The number of carbonyl (C=O) groups is 1. The molecule has 0 bridgehead atoms. The van der Waals surface area contributed by atoms with Crippen LogP contribution >= 0.6 is 0 Å². The number of nitrogens with one attached hydrogen (secondary N) is 1. The minimum Gasteiger partial charge on any atom is -0.480 e. The van der Waals surface area contributed by atoms with Crippen LogP contribution in [-0.2, 0) is 4.79 Å². The molecular formula is C18H32N2O2. The van der Waals surface area contributed by atoms with Crippen LogP contribution in [0, 0.1) is 11.3 Å². The Bertz CT molecular complexity index is 390. The highest BCUT2D eigenvalue weighted by molar-refractivity contribution is 5.69. The molecule has 0 aromatic heterocycles. The maximum Gasteiger partial charge on any atom is 0.317 e. The maximum absolute atomic E-state index is 11.1. The third-order valence-electron chi connectivity index (χ3n) is 5.97. The Kier molecular flexibility index (Phi) is 4.79. The molecule has 0 aliphatic heterocycles. The third kappa shape index (κ3) is 4.45. The molecule has 3 fully saturated rings. The smallest absolute Gasteiger partial charge is 0.317 e. The lowest BCUT2D eigenvalue weighted by molar-refractivity contribution is -0.139. The summed E-state index contributed by atoms with van der Waals surface area (Å²) in [5.74, 6) is 0.0958. The number of carboxylic acids is 1. The standard InChI is InChI=1S/C18H32N2O2/c1-18(2)7-5-14(6-8-18)19-15-9-16(10-15)20(12-17(21)22)11-13-3-4-13/h13-16,19H,3-12H2,1-2H3,(H,21,22). The van der Waals surface area contributed by atoms with Crippen LogP contribution in [0.15, 0.2) is 0 Å². The van der Waals surface area contributed by atoms with Crippen LogP contribution in [0.5, 0.6) is 0 Å². The molecule has 2 N–H and O–H groups in total. The lowest BCUT2D eigenvalue weighted by Crippen LogP contribution is -2.56. The van der Waals surface area contributed by atoms with Gasteiger partial charge in [0.2, 0.25) is 0 Å². The first kappa shape index (κ1) is 16.3. The van der Waals surface area contributed by atoms with E-state index in [1.165, 1.54) is 38.5 Å². The van der Waals surface area contributed by atoms with Gasteiger partial charge in [-0.2, -0.15) is 0 Å². The van der Waals surface area contributed by atoms with E-state index in [2.05, 4.69) is 24.1 Å². The molecule has 4 heteroatoms. The molecule has 3 aliphatic rings. The molecule has 0 unspecified atom stereocenters. The van der Waals surface area contributed by atoms with Crippen molar-refractivity contribution < 1.29 is 9.90 Å². The fourth-order valence-corrected chi connectivity index (χ4v) is 4.07. The van der Waals surface area contributed by atoms with Crippen molar-refractivity contribution in [1.82, 2.24) is 10.2 Å². The van der Waals surface area contributed by atoms with E-state index in [0.29, 0.717) is 23.5 Å². The van der Waals surface area contributed by atoms with Crippen molar-refractivity contribution in [3.63, 3.8) is 0 Å². The molecule has 3 aliphatic carbocycles. The van der Waals surface area contributed by atoms with Crippen molar-refractivity contribution in [3.8, 4) is 0 Å². The number of hydrogen-bond acceptors (Lipinski definition) is 3. The molecule has 0 heterocycles. The second-order valence-electron chi connectivity index (χ2n) is 8.69. The SMILES string of the molecule is CC1(C)CCC(NC2CC(N(CC(=O)O)CC3CC3)C2)CC1. The largest absolute Gasteiger partial charge is 0.480 e. The number of rotatable bonds is 7. The van der Waals surface area contributed by atoms with E-state index < -0.39 is 5.97 Å². The molecule has 0 spiro atoms. The van der Waals surface area contributed by atoms with Gasteiger partial charge in [-0.1, -0.05) is 13.8 Å². The second-order valence-corrected chi connectivity index (χ2v) is 8.69. The summed E-state index contributed by atoms with van der Waals surface area (Å²) in [6.45, 7) is 5.99. The van der Waals surface area contributed by atoms with Crippen molar-refractivity contribution in [2.75, 3.05) is 13.1 Å². The molecule has 0 aromatic rings. The van der Waals surface area contributed by atoms with Crippen molar-refractivity contribution in [1.29, 1.82) is 0 Å². The zero-order chi connectivity index (χ0) is 15.7. The van der Waals surface area contributed by atoms with Gasteiger partial charge in [0, 0.05) is 24.7 Å². The Balaban J connectivity index is 1.39. The van der Waals surface area contributed by atoms with Crippen LogP contribution in [0.2, 0.25) is 0 Å². The molecule has 22 heavy (non-hydrogen) atoms. The van der Waals surface area contributed by atoms with Gasteiger partial charge in [-0.3, -0.25) is 9.69 Å². The summed E-state index contributed by atoms with van der Waals surface area (Å²) in [6.07, 6.45) is 10.1. The van der Waals surface area contributed by atoms with Crippen LogP contribution in [0.25, 0.3) is 0 Å². The predicted octanol–water partition coefficient (Wildman–Crippen LogP) is 2.87. The quantitative estimate of drug-likeness (QED) is 0.759. The Morgan fingerprint density at radius 3 is 2.32 bits per heavy atom. The second kappa shape index (κ2) is 6.48. The van der Waals surface area contributed by atoms with Gasteiger partial charge < -0.3 is 10.4 Å². The summed E-state index contributed by atoms with van der Waals surface area (Å²) in [5, 5.41) is 12.9. The van der Waals surface area contributed by atoms with Crippen molar-refractivity contribution in [2.24, 2.45) is 11.3 Å². The van der Waals surface area contributed by atoms with Gasteiger partial charge in [-0.25, -0.2) is 0 Å². The Morgan fingerprint density at radius 1 is 1.14 bits per heavy atom. The van der Waals surface area contributed by atoms with Gasteiger partial charge in [0.05, 0.1) is 6.54 Å². The molecule has 3 saturated carbocycles. The number of aliphatic carboxylic acids is 1. The van der Waals surface area contributed by atoms with E-state index in [9.17, 15) is 4.79 Å². The summed E-state index contributed by atoms with van der Waals surface area (Å²) in [4.78, 5) is 13.3. The zero-order valence-corrected chi connectivity index (χ0v) is 14.2. The lowest BCUT2D eigenvalue weighted by Gasteiger charge is -2.45. The topological polar surface area (TPSA) is 52.6 Å². The first-order valence-corrected chi connectivity index (χ1v) is 9.13. The Hall–Kier alpha value is -0.610. The van der Waals surface area contributed by atoms with E-state index in [-0.39, 0.29) is 6.54 Å². The molecule has 0 aromatic carbocycles. The van der Waals surface area contributed by atoms with Gasteiger partial charge >= 0.3 is 5.97 Å². The summed E-state index contributed by atoms with van der Waals surface area (Å²) in [7, 11) is 0. The van der Waals surface area contributed by atoms with Crippen molar-refractivity contribution in [2.45, 2.75) is 83.3 Å². The molecular weight excluding hydrogens is 276 g/mol. The summed E-state index contributed by atoms with van der Waals surface area (Å²) in [5.41, 5.74) is 0.531. The molecule has 4 nitrogen and oxygen atoms in total. The van der Waals surface area contributed by atoms with Gasteiger partial charge in [-0.05, 0) is 62.7 Å². The van der Waals surface area contributed by atoms with Crippen LogP contribution in [0.4, 0.5) is 0 Å². The maximum atomic E-state index is 11.1. The van der Waals surface area contributed by atoms with Crippen molar-refractivity contribution in [3.05, 3.63) is 0 Å². The zero-order valence-electron chi connectivity index (χ0n) is 14.2. The lowest BCUT2D eigenvalue weighted by atomic mass is 9.75. The van der Waals surface area contributed by atoms with E-state index >= 15 is 0 Å². The van der Waals surface area contributed by atoms with Crippen LogP contribution in [0.1, 0.15) is 65.2 Å². The van der Waals surface area contributed by atoms with E-state index in [0.717, 1.165) is 25.3 Å². The number of hydrogen-bond donors (Lipinski definition) is 2. The summed E-state index contributed by atoms with van der Waals surface area (Å²) in [6, 6.07) is 1.80. The van der Waals surface area contributed by atoms with Crippen LogP contribution in [0.3, 0.4) is 0 Å².